The van der Waals surface area contributed by atoms with Gasteiger partial charge in [-0.15, -0.1) is 5.16 Å². The van der Waals surface area contributed by atoms with E-state index in [-0.39, 0.29) is 12.1 Å². The van der Waals surface area contributed by atoms with Gasteiger partial charge < -0.3 is 5.21 Å². The van der Waals surface area contributed by atoms with E-state index < -0.39 is 4.92 Å². The lowest BCUT2D eigenvalue weighted by Gasteiger charge is -1.90. The summed E-state index contributed by atoms with van der Waals surface area (Å²) in [4.78, 5) is 10.2. The fraction of sp³-hybridized carbons (Fsp3) is 0.429. The van der Waals surface area contributed by atoms with Crippen LogP contribution in [0.3, 0.4) is 0 Å². The predicted octanol–water partition coefficient (Wildman–Crippen LogP) is 0.639. The molecule has 1 aromatic heterocycles. The summed E-state index contributed by atoms with van der Waals surface area (Å²) in [6.45, 7) is 1.62. The Kier molecular flexibility index (Phi) is 2.80. The lowest BCUT2D eigenvalue weighted by atomic mass is 10.2. The number of rotatable bonds is 3. The van der Waals surface area contributed by atoms with Crippen molar-refractivity contribution in [1.82, 2.24) is 9.78 Å². The number of nitro groups is 1. The minimum atomic E-state index is -0.483. The highest BCUT2D eigenvalue weighted by Crippen LogP contribution is 2.21. The quantitative estimate of drug-likeness (QED) is 0.333. The summed E-state index contributed by atoms with van der Waals surface area (Å²) in [6, 6.07) is 0. The van der Waals surface area contributed by atoms with Gasteiger partial charge in [-0.3, -0.25) is 14.8 Å². The van der Waals surface area contributed by atoms with Crippen LogP contribution in [0.25, 0.3) is 0 Å². The van der Waals surface area contributed by atoms with Crippen LogP contribution in [0.5, 0.6) is 0 Å². The van der Waals surface area contributed by atoms with Crippen molar-refractivity contribution in [2.24, 2.45) is 12.2 Å². The molecule has 0 fully saturated rings. The molecular formula is C7H10N4O3. The highest BCUT2D eigenvalue weighted by atomic mass is 16.6. The van der Waals surface area contributed by atoms with Gasteiger partial charge in [0, 0.05) is 19.7 Å². The Morgan fingerprint density at radius 1 is 1.79 bits per heavy atom. The van der Waals surface area contributed by atoms with Gasteiger partial charge in [-0.2, -0.15) is 5.10 Å². The first-order chi connectivity index (χ1) is 6.57. The van der Waals surface area contributed by atoms with E-state index in [0.717, 1.165) is 6.21 Å². The van der Waals surface area contributed by atoms with Crippen molar-refractivity contribution in [3.63, 3.8) is 0 Å². The van der Waals surface area contributed by atoms with Gasteiger partial charge in [0.2, 0.25) is 0 Å². The van der Waals surface area contributed by atoms with Crippen molar-refractivity contribution in [2.45, 2.75) is 13.3 Å². The van der Waals surface area contributed by atoms with Gasteiger partial charge in [-0.1, -0.05) is 0 Å². The topological polar surface area (TPSA) is 93.6 Å². The molecule has 0 spiro atoms. The molecule has 1 aromatic rings. The Morgan fingerprint density at radius 3 is 2.93 bits per heavy atom. The molecule has 0 atom stereocenters. The van der Waals surface area contributed by atoms with Crippen molar-refractivity contribution in [3.8, 4) is 0 Å². The normalized spacial score (nSPS) is 11.0. The summed E-state index contributed by atoms with van der Waals surface area (Å²) in [5.74, 6) is 0. The third-order valence-corrected chi connectivity index (χ3v) is 1.92. The largest absolute Gasteiger partial charge is 0.411 e. The van der Waals surface area contributed by atoms with Crippen LogP contribution in [0.1, 0.15) is 11.4 Å². The Balaban J connectivity index is 3.15. The van der Waals surface area contributed by atoms with Gasteiger partial charge in [-0.05, 0) is 6.92 Å². The smallest absolute Gasteiger partial charge is 0.313 e. The molecule has 76 valence electrons. The summed E-state index contributed by atoms with van der Waals surface area (Å²) in [5.41, 5.74) is 0.761. The van der Waals surface area contributed by atoms with Crippen molar-refractivity contribution < 1.29 is 10.1 Å². The number of aryl methyl sites for hydroxylation is 1. The number of aromatic nitrogens is 2. The number of hydrogen-bond acceptors (Lipinski definition) is 5. The average Bonchev–Trinajstić information content (AvgIpc) is 2.39. The first-order valence-electron chi connectivity index (χ1n) is 3.90. The van der Waals surface area contributed by atoms with Crippen LogP contribution >= 0.6 is 0 Å². The highest BCUT2D eigenvalue weighted by Gasteiger charge is 2.22. The second-order valence-corrected chi connectivity index (χ2v) is 2.76. The zero-order valence-corrected chi connectivity index (χ0v) is 7.84. The fourth-order valence-electron chi connectivity index (χ4n) is 1.17. The maximum absolute atomic E-state index is 10.7. The standard InChI is InChI=1S/C7H10N4O3/c1-5-7(11(13)14)6(3-4-8-12)9-10(5)2/h4,12H,3H2,1-2H3. The Morgan fingerprint density at radius 2 is 2.43 bits per heavy atom. The van der Waals surface area contributed by atoms with E-state index >= 15 is 0 Å². The van der Waals surface area contributed by atoms with Crippen LogP contribution in [0.2, 0.25) is 0 Å². The van der Waals surface area contributed by atoms with E-state index in [1.165, 1.54) is 4.68 Å². The maximum Gasteiger partial charge on any atom is 0.313 e. The van der Waals surface area contributed by atoms with Crippen LogP contribution in [0, 0.1) is 17.0 Å². The van der Waals surface area contributed by atoms with Crippen LogP contribution in [0.15, 0.2) is 5.16 Å². The van der Waals surface area contributed by atoms with E-state index in [2.05, 4.69) is 10.3 Å². The molecule has 1 heterocycles. The van der Waals surface area contributed by atoms with E-state index in [1.807, 2.05) is 0 Å². The van der Waals surface area contributed by atoms with Crippen LogP contribution < -0.4 is 0 Å². The number of hydrogen-bond donors (Lipinski definition) is 1. The molecule has 0 unspecified atom stereocenters. The average molecular weight is 198 g/mol. The third-order valence-electron chi connectivity index (χ3n) is 1.92. The molecule has 0 aliphatic heterocycles. The molecule has 0 saturated heterocycles. The lowest BCUT2D eigenvalue weighted by Crippen LogP contribution is -1.95. The Labute approximate surface area is 79.8 Å². The minimum absolute atomic E-state index is 0.0209. The van der Waals surface area contributed by atoms with Crippen LogP contribution in [-0.2, 0) is 13.5 Å². The van der Waals surface area contributed by atoms with Gasteiger partial charge >= 0.3 is 5.69 Å². The predicted molar refractivity (Wildman–Crippen MR) is 48.6 cm³/mol. The van der Waals surface area contributed by atoms with Crippen LogP contribution in [-0.4, -0.2) is 26.1 Å². The molecule has 0 aliphatic carbocycles. The summed E-state index contributed by atoms with van der Waals surface area (Å²) >= 11 is 0. The monoisotopic (exact) mass is 198 g/mol. The molecule has 0 amide bonds. The minimum Gasteiger partial charge on any atom is -0.411 e. The lowest BCUT2D eigenvalue weighted by molar-refractivity contribution is -0.386. The molecule has 0 saturated carbocycles. The number of nitrogens with zero attached hydrogens (tertiary/aromatic N) is 4. The van der Waals surface area contributed by atoms with E-state index in [9.17, 15) is 10.1 Å². The Bertz CT molecular complexity index is 383. The molecule has 14 heavy (non-hydrogen) atoms. The second kappa shape index (κ2) is 3.86. The molecule has 7 nitrogen and oxygen atoms in total. The Hall–Kier alpha value is -1.92. The molecule has 0 aromatic carbocycles. The van der Waals surface area contributed by atoms with Crippen molar-refractivity contribution >= 4 is 11.9 Å². The summed E-state index contributed by atoms with van der Waals surface area (Å²) in [6.07, 6.45) is 1.31. The fourth-order valence-corrected chi connectivity index (χ4v) is 1.17. The molecule has 0 radical (unpaired) electrons. The molecule has 7 heteroatoms. The first kappa shape index (κ1) is 10.2. The van der Waals surface area contributed by atoms with Gasteiger partial charge in [0.05, 0.1) is 4.92 Å². The molecule has 0 aliphatic rings. The molecule has 1 N–H and O–H groups in total. The second-order valence-electron chi connectivity index (χ2n) is 2.76. The number of oxime groups is 1. The third kappa shape index (κ3) is 1.70. The van der Waals surface area contributed by atoms with Gasteiger partial charge in [-0.25, -0.2) is 0 Å². The van der Waals surface area contributed by atoms with Crippen molar-refractivity contribution in [2.75, 3.05) is 0 Å². The summed E-state index contributed by atoms with van der Waals surface area (Å²) in [5, 5.41) is 25.6. The first-order valence-corrected chi connectivity index (χ1v) is 3.90. The van der Waals surface area contributed by atoms with Crippen molar-refractivity contribution in [1.29, 1.82) is 0 Å². The van der Waals surface area contributed by atoms with Gasteiger partial charge in [0.15, 0.2) is 0 Å². The SMILES string of the molecule is Cc1c([N+](=O)[O-])c(CC=NO)nn1C. The molecule has 1 rings (SSSR count). The van der Waals surface area contributed by atoms with Crippen LogP contribution in [0.4, 0.5) is 5.69 Å². The molecular weight excluding hydrogens is 188 g/mol. The van der Waals surface area contributed by atoms with Crippen molar-refractivity contribution in [3.05, 3.63) is 21.5 Å². The highest BCUT2D eigenvalue weighted by molar-refractivity contribution is 5.62. The van der Waals surface area contributed by atoms with E-state index in [1.54, 1.807) is 14.0 Å². The maximum atomic E-state index is 10.7. The zero-order valence-electron chi connectivity index (χ0n) is 7.84. The van der Waals surface area contributed by atoms with E-state index in [0.29, 0.717) is 11.4 Å². The van der Waals surface area contributed by atoms with Gasteiger partial charge in [0.1, 0.15) is 11.4 Å². The zero-order chi connectivity index (χ0) is 10.7. The van der Waals surface area contributed by atoms with Gasteiger partial charge in [0.25, 0.3) is 0 Å². The van der Waals surface area contributed by atoms with E-state index in [4.69, 9.17) is 5.21 Å². The molecule has 0 bridgehead atoms. The summed E-state index contributed by atoms with van der Waals surface area (Å²) < 4.78 is 1.43. The summed E-state index contributed by atoms with van der Waals surface area (Å²) in [7, 11) is 1.63.